The van der Waals surface area contributed by atoms with E-state index in [-0.39, 0.29) is 18.9 Å². The van der Waals surface area contributed by atoms with Crippen molar-refractivity contribution in [3.63, 3.8) is 0 Å². The summed E-state index contributed by atoms with van der Waals surface area (Å²) in [7, 11) is 0. The molecule has 1 atom stereocenters. The number of rotatable bonds is 4. The van der Waals surface area contributed by atoms with Gasteiger partial charge in [0.1, 0.15) is 12.0 Å². The standard InChI is InChI=1S/C17H15FN2O3/c18-13-7-3-1-5-11(13)16-19-14-8-4-2-6-12(14)17(23)20(16)10-9-15(21)22/h1-8,16,19H,9-10H2,(H,21,22). The molecule has 0 aromatic heterocycles. The molecule has 23 heavy (non-hydrogen) atoms. The molecule has 0 bridgehead atoms. The van der Waals surface area contributed by atoms with Crippen LogP contribution in [0.25, 0.3) is 0 Å². The molecule has 0 spiro atoms. The van der Waals surface area contributed by atoms with Gasteiger partial charge < -0.3 is 15.3 Å². The number of anilines is 1. The predicted octanol–water partition coefficient (Wildman–Crippen LogP) is 2.87. The first kappa shape index (κ1) is 15.0. The molecule has 1 heterocycles. The molecule has 5 nitrogen and oxygen atoms in total. The number of nitrogens with one attached hydrogen (secondary N) is 1. The minimum atomic E-state index is -1.01. The van der Waals surface area contributed by atoms with E-state index in [0.29, 0.717) is 16.8 Å². The fraction of sp³-hybridized carbons (Fsp3) is 0.176. The van der Waals surface area contributed by atoms with Crippen molar-refractivity contribution in [3.8, 4) is 0 Å². The molecule has 0 saturated carbocycles. The number of hydrogen-bond acceptors (Lipinski definition) is 3. The lowest BCUT2D eigenvalue weighted by atomic mass is 10.0. The van der Waals surface area contributed by atoms with Crippen LogP contribution in [-0.4, -0.2) is 28.4 Å². The summed E-state index contributed by atoms with van der Waals surface area (Å²) in [5.74, 6) is -1.77. The van der Waals surface area contributed by atoms with Gasteiger partial charge in [-0.3, -0.25) is 9.59 Å². The first-order valence-electron chi connectivity index (χ1n) is 7.20. The minimum absolute atomic E-state index is 0.00545. The Morgan fingerprint density at radius 1 is 1.17 bits per heavy atom. The van der Waals surface area contributed by atoms with E-state index >= 15 is 0 Å². The summed E-state index contributed by atoms with van der Waals surface area (Å²) < 4.78 is 14.2. The van der Waals surface area contributed by atoms with E-state index in [1.165, 1.54) is 11.0 Å². The summed E-state index contributed by atoms with van der Waals surface area (Å²) in [5, 5.41) is 12.0. The second-order valence-corrected chi connectivity index (χ2v) is 5.26. The molecular formula is C17H15FN2O3. The fourth-order valence-corrected chi connectivity index (χ4v) is 2.68. The van der Waals surface area contributed by atoms with Crippen LogP contribution in [0.5, 0.6) is 0 Å². The molecule has 3 rings (SSSR count). The maximum Gasteiger partial charge on any atom is 0.305 e. The van der Waals surface area contributed by atoms with Gasteiger partial charge in [-0.05, 0) is 18.2 Å². The lowest BCUT2D eigenvalue weighted by Gasteiger charge is -2.38. The average molecular weight is 314 g/mol. The molecule has 0 fully saturated rings. The van der Waals surface area contributed by atoms with Crippen LogP contribution in [0.2, 0.25) is 0 Å². The molecule has 2 aromatic carbocycles. The minimum Gasteiger partial charge on any atom is -0.481 e. The van der Waals surface area contributed by atoms with Crippen LogP contribution in [0.1, 0.15) is 28.5 Å². The number of hydrogen-bond donors (Lipinski definition) is 2. The Morgan fingerprint density at radius 3 is 2.61 bits per heavy atom. The number of aliphatic carboxylic acids is 1. The number of para-hydroxylation sites is 1. The van der Waals surface area contributed by atoms with Crippen molar-refractivity contribution < 1.29 is 19.1 Å². The zero-order valence-electron chi connectivity index (χ0n) is 12.2. The average Bonchev–Trinajstić information content (AvgIpc) is 2.54. The Bertz CT molecular complexity index is 763. The van der Waals surface area contributed by atoms with Crippen LogP contribution in [0.4, 0.5) is 10.1 Å². The summed E-state index contributed by atoms with van der Waals surface area (Å²) in [6.07, 6.45) is -0.946. The highest BCUT2D eigenvalue weighted by molar-refractivity contribution is 6.01. The van der Waals surface area contributed by atoms with Gasteiger partial charge in [0.05, 0.1) is 12.0 Å². The van der Waals surface area contributed by atoms with Crippen molar-refractivity contribution in [2.45, 2.75) is 12.6 Å². The zero-order valence-corrected chi connectivity index (χ0v) is 12.2. The fourth-order valence-electron chi connectivity index (χ4n) is 2.68. The Kier molecular flexibility index (Phi) is 3.97. The number of carboxylic acids is 1. The van der Waals surface area contributed by atoms with Crippen molar-refractivity contribution in [3.05, 3.63) is 65.5 Å². The molecular weight excluding hydrogens is 299 g/mol. The Balaban J connectivity index is 2.03. The van der Waals surface area contributed by atoms with E-state index in [1.807, 2.05) is 0 Å². The number of fused-ring (bicyclic) bond motifs is 1. The first-order valence-corrected chi connectivity index (χ1v) is 7.20. The highest BCUT2D eigenvalue weighted by Crippen LogP contribution is 2.33. The quantitative estimate of drug-likeness (QED) is 0.910. The van der Waals surface area contributed by atoms with Crippen LogP contribution < -0.4 is 5.32 Å². The van der Waals surface area contributed by atoms with Crippen LogP contribution in [0.15, 0.2) is 48.5 Å². The van der Waals surface area contributed by atoms with E-state index in [9.17, 15) is 14.0 Å². The SMILES string of the molecule is O=C(O)CCN1C(=O)c2ccccc2NC1c1ccccc1F. The number of carboxylic acid groups (broad SMARTS) is 1. The van der Waals surface area contributed by atoms with Gasteiger partial charge in [0.25, 0.3) is 5.91 Å². The molecule has 1 aliphatic rings. The van der Waals surface area contributed by atoms with Gasteiger partial charge in [0.15, 0.2) is 0 Å². The van der Waals surface area contributed by atoms with Gasteiger partial charge in [-0.25, -0.2) is 4.39 Å². The van der Waals surface area contributed by atoms with Crippen LogP contribution >= 0.6 is 0 Å². The summed E-state index contributed by atoms with van der Waals surface area (Å²) >= 11 is 0. The summed E-state index contributed by atoms with van der Waals surface area (Å²) in [4.78, 5) is 24.9. The van der Waals surface area contributed by atoms with Crippen molar-refractivity contribution in [2.24, 2.45) is 0 Å². The number of halogens is 1. The van der Waals surface area contributed by atoms with Crippen molar-refractivity contribution in [2.75, 3.05) is 11.9 Å². The van der Waals surface area contributed by atoms with E-state index in [0.717, 1.165) is 0 Å². The maximum absolute atomic E-state index is 14.2. The number of nitrogens with zero attached hydrogens (tertiary/aromatic N) is 1. The van der Waals surface area contributed by atoms with Gasteiger partial charge in [-0.2, -0.15) is 0 Å². The topological polar surface area (TPSA) is 69.6 Å². The van der Waals surface area contributed by atoms with Crippen LogP contribution in [0.3, 0.4) is 0 Å². The highest BCUT2D eigenvalue weighted by atomic mass is 19.1. The number of carbonyl (C=O) groups excluding carboxylic acids is 1. The molecule has 1 amide bonds. The van der Waals surface area contributed by atoms with Crippen LogP contribution in [-0.2, 0) is 4.79 Å². The Morgan fingerprint density at radius 2 is 1.87 bits per heavy atom. The van der Waals surface area contributed by atoms with E-state index in [1.54, 1.807) is 42.5 Å². The van der Waals surface area contributed by atoms with Crippen LogP contribution in [0, 0.1) is 5.82 Å². The molecule has 1 unspecified atom stereocenters. The molecule has 0 aliphatic carbocycles. The third kappa shape index (κ3) is 2.88. The van der Waals surface area contributed by atoms with Crippen molar-refractivity contribution in [1.29, 1.82) is 0 Å². The smallest absolute Gasteiger partial charge is 0.305 e. The Hall–Kier alpha value is -2.89. The van der Waals surface area contributed by atoms with Gasteiger partial charge >= 0.3 is 5.97 Å². The summed E-state index contributed by atoms with van der Waals surface area (Å²) in [6, 6.07) is 13.1. The second-order valence-electron chi connectivity index (χ2n) is 5.26. The van der Waals surface area contributed by atoms with Gasteiger partial charge in [-0.15, -0.1) is 0 Å². The number of benzene rings is 2. The number of carbonyl (C=O) groups is 2. The molecule has 0 radical (unpaired) electrons. The van der Waals surface area contributed by atoms with E-state index in [2.05, 4.69) is 5.32 Å². The van der Waals surface area contributed by atoms with Gasteiger partial charge in [0, 0.05) is 17.8 Å². The largest absolute Gasteiger partial charge is 0.481 e. The van der Waals surface area contributed by atoms with Crippen molar-refractivity contribution in [1.82, 2.24) is 4.90 Å². The van der Waals surface area contributed by atoms with E-state index in [4.69, 9.17) is 5.11 Å². The monoisotopic (exact) mass is 314 g/mol. The Labute approximate surface area is 132 Å². The lowest BCUT2D eigenvalue weighted by molar-refractivity contribution is -0.137. The maximum atomic E-state index is 14.2. The van der Waals surface area contributed by atoms with Gasteiger partial charge in [0.2, 0.25) is 0 Å². The normalized spacial score (nSPS) is 16.7. The number of amides is 1. The third-order valence-electron chi connectivity index (χ3n) is 3.79. The molecule has 6 heteroatoms. The molecule has 2 N–H and O–H groups in total. The predicted molar refractivity (Wildman–Crippen MR) is 82.5 cm³/mol. The van der Waals surface area contributed by atoms with E-state index < -0.39 is 18.0 Å². The van der Waals surface area contributed by atoms with Crippen molar-refractivity contribution >= 4 is 17.6 Å². The third-order valence-corrected chi connectivity index (χ3v) is 3.79. The molecule has 2 aromatic rings. The lowest BCUT2D eigenvalue weighted by Crippen LogP contribution is -2.44. The summed E-state index contributed by atoms with van der Waals surface area (Å²) in [6.45, 7) is -0.00545. The zero-order chi connectivity index (χ0) is 16.4. The molecule has 0 saturated heterocycles. The molecule has 118 valence electrons. The van der Waals surface area contributed by atoms with Gasteiger partial charge in [-0.1, -0.05) is 30.3 Å². The summed E-state index contributed by atoms with van der Waals surface area (Å²) in [5.41, 5.74) is 1.36. The molecule has 1 aliphatic heterocycles. The first-order chi connectivity index (χ1) is 11.1. The second kappa shape index (κ2) is 6.08. The highest BCUT2D eigenvalue weighted by Gasteiger charge is 2.34.